The predicted octanol–water partition coefficient (Wildman–Crippen LogP) is 3.11. The van der Waals surface area contributed by atoms with E-state index >= 15 is 0 Å². The molecular formula is C15H15N3O. The average Bonchev–Trinajstić information content (AvgIpc) is 2.46. The fourth-order valence-corrected chi connectivity index (χ4v) is 1.78. The molecule has 1 atom stereocenters. The van der Waals surface area contributed by atoms with Crippen LogP contribution in [0.15, 0.2) is 36.7 Å². The summed E-state index contributed by atoms with van der Waals surface area (Å²) in [6.07, 6.45) is 3.90. The lowest BCUT2D eigenvalue weighted by molar-refractivity contribution is -0.122. The molecule has 0 spiro atoms. The van der Waals surface area contributed by atoms with Gasteiger partial charge in [-0.05, 0) is 25.5 Å². The van der Waals surface area contributed by atoms with Crippen LogP contribution in [-0.2, 0) is 4.79 Å². The Morgan fingerprint density at radius 2 is 2.26 bits per heavy atom. The van der Waals surface area contributed by atoms with Crippen LogP contribution in [0, 0.1) is 16.7 Å². The van der Waals surface area contributed by atoms with Gasteiger partial charge >= 0.3 is 0 Å². The van der Waals surface area contributed by atoms with Crippen molar-refractivity contribution in [3.05, 3.63) is 36.7 Å². The molecule has 0 bridgehead atoms. The van der Waals surface area contributed by atoms with Crippen LogP contribution in [0.5, 0.6) is 0 Å². The molecule has 2 rings (SSSR count). The Morgan fingerprint density at radius 1 is 1.47 bits per heavy atom. The number of fused-ring (bicyclic) bond motifs is 1. The number of nitriles is 1. The molecule has 0 radical (unpaired) electrons. The molecule has 19 heavy (non-hydrogen) atoms. The molecule has 1 heterocycles. The summed E-state index contributed by atoms with van der Waals surface area (Å²) >= 11 is 0. The Morgan fingerprint density at radius 3 is 2.95 bits per heavy atom. The number of hydrogen-bond acceptors (Lipinski definition) is 3. The van der Waals surface area contributed by atoms with Gasteiger partial charge in [-0.2, -0.15) is 5.26 Å². The monoisotopic (exact) mass is 253 g/mol. The van der Waals surface area contributed by atoms with Crippen LogP contribution in [0.1, 0.15) is 20.3 Å². The number of rotatable bonds is 3. The molecule has 2 aromatic rings. The molecule has 96 valence electrons. The van der Waals surface area contributed by atoms with Gasteiger partial charge in [0, 0.05) is 28.9 Å². The quantitative estimate of drug-likeness (QED) is 0.913. The van der Waals surface area contributed by atoms with E-state index in [1.807, 2.05) is 31.2 Å². The highest BCUT2D eigenvalue weighted by Gasteiger charge is 2.31. The number of pyridine rings is 1. The summed E-state index contributed by atoms with van der Waals surface area (Å²) in [5, 5.41) is 13.8. The van der Waals surface area contributed by atoms with Gasteiger partial charge in [0.1, 0.15) is 5.41 Å². The van der Waals surface area contributed by atoms with E-state index in [2.05, 4.69) is 16.4 Å². The van der Waals surface area contributed by atoms with Gasteiger partial charge < -0.3 is 5.32 Å². The average molecular weight is 253 g/mol. The van der Waals surface area contributed by atoms with Crippen molar-refractivity contribution in [3.8, 4) is 6.07 Å². The highest BCUT2D eigenvalue weighted by atomic mass is 16.2. The highest BCUT2D eigenvalue weighted by molar-refractivity contribution is 6.04. The maximum Gasteiger partial charge on any atom is 0.244 e. The SMILES string of the molecule is CCC(C)(C#N)C(=O)Nc1cccc2cnccc12. The minimum atomic E-state index is -1.00. The molecule has 0 aliphatic carbocycles. The van der Waals surface area contributed by atoms with E-state index in [0.29, 0.717) is 12.1 Å². The number of anilines is 1. The van der Waals surface area contributed by atoms with E-state index in [0.717, 1.165) is 10.8 Å². The van der Waals surface area contributed by atoms with Crippen LogP contribution in [0.2, 0.25) is 0 Å². The number of nitrogens with zero attached hydrogens (tertiary/aromatic N) is 2. The second kappa shape index (κ2) is 5.07. The van der Waals surface area contributed by atoms with E-state index in [9.17, 15) is 4.79 Å². The van der Waals surface area contributed by atoms with Crippen molar-refractivity contribution in [3.63, 3.8) is 0 Å². The van der Waals surface area contributed by atoms with Crippen molar-refractivity contribution in [2.24, 2.45) is 5.41 Å². The van der Waals surface area contributed by atoms with Gasteiger partial charge in [0.2, 0.25) is 5.91 Å². The maximum atomic E-state index is 12.2. The topological polar surface area (TPSA) is 65.8 Å². The largest absolute Gasteiger partial charge is 0.324 e. The Bertz CT molecular complexity index is 654. The predicted molar refractivity (Wildman–Crippen MR) is 74.4 cm³/mol. The van der Waals surface area contributed by atoms with Crippen molar-refractivity contribution in [2.45, 2.75) is 20.3 Å². The molecule has 1 aromatic heterocycles. The molecule has 0 aliphatic heterocycles. The first-order valence-corrected chi connectivity index (χ1v) is 6.16. The smallest absolute Gasteiger partial charge is 0.244 e. The van der Waals surface area contributed by atoms with Crippen LogP contribution in [0.3, 0.4) is 0 Å². The van der Waals surface area contributed by atoms with E-state index in [-0.39, 0.29) is 5.91 Å². The molecule has 1 N–H and O–H groups in total. The van der Waals surface area contributed by atoms with E-state index in [1.54, 1.807) is 19.3 Å². The van der Waals surface area contributed by atoms with Crippen LogP contribution in [0.4, 0.5) is 5.69 Å². The number of benzene rings is 1. The third-order valence-corrected chi connectivity index (χ3v) is 3.38. The number of carbonyl (C=O) groups excluding carboxylic acids is 1. The summed E-state index contributed by atoms with van der Waals surface area (Å²) in [7, 11) is 0. The van der Waals surface area contributed by atoms with Gasteiger partial charge in [0.25, 0.3) is 0 Å². The van der Waals surface area contributed by atoms with E-state index in [4.69, 9.17) is 5.26 Å². The number of amides is 1. The summed E-state index contributed by atoms with van der Waals surface area (Å²) < 4.78 is 0. The van der Waals surface area contributed by atoms with Crippen LogP contribution in [0.25, 0.3) is 10.8 Å². The molecule has 4 nitrogen and oxygen atoms in total. The Hall–Kier alpha value is -2.41. The van der Waals surface area contributed by atoms with E-state index < -0.39 is 5.41 Å². The van der Waals surface area contributed by atoms with Gasteiger partial charge in [-0.15, -0.1) is 0 Å². The van der Waals surface area contributed by atoms with Crippen molar-refractivity contribution in [2.75, 3.05) is 5.32 Å². The number of nitrogens with one attached hydrogen (secondary N) is 1. The third kappa shape index (κ3) is 2.41. The lowest BCUT2D eigenvalue weighted by atomic mass is 9.88. The molecule has 0 saturated carbocycles. The van der Waals surface area contributed by atoms with Crippen molar-refractivity contribution in [1.29, 1.82) is 5.26 Å². The first kappa shape index (κ1) is 13.0. The second-order valence-electron chi connectivity index (χ2n) is 4.65. The summed E-state index contributed by atoms with van der Waals surface area (Å²) in [5.41, 5.74) is -0.297. The highest BCUT2D eigenvalue weighted by Crippen LogP contribution is 2.26. The first-order chi connectivity index (χ1) is 9.10. The van der Waals surface area contributed by atoms with Crippen molar-refractivity contribution >= 4 is 22.4 Å². The van der Waals surface area contributed by atoms with Crippen LogP contribution >= 0.6 is 0 Å². The molecule has 4 heteroatoms. The number of hydrogen-bond donors (Lipinski definition) is 1. The molecule has 0 aliphatic rings. The van der Waals surface area contributed by atoms with Gasteiger partial charge in [-0.3, -0.25) is 9.78 Å². The lowest BCUT2D eigenvalue weighted by Crippen LogP contribution is -2.31. The summed E-state index contributed by atoms with van der Waals surface area (Å²) in [6.45, 7) is 3.48. The molecule has 1 amide bonds. The normalized spacial score (nSPS) is 13.5. The minimum absolute atomic E-state index is 0.276. The van der Waals surface area contributed by atoms with Gasteiger partial charge in [-0.1, -0.05) is 19.1 Å². The zero-order valence-corrected chi connectivity index (χ0v) is 11.0. The molecule has 1 unspecified atom stereocenters. The van der Waals surface area contributed by atoms with Crippen molar-refractivity contribution in [1.82, 2.24) is 4.98 Å². The number of aromatic nitrogens is 1. The lowest BCUT2D eigenvalue weighted by Gasteiger charge is -2.19. The third-order valence-electron chi connectivity index (χ3n) is 3.38. The fraction of sp³-hybridized carbons (Fsp3) is 0.267. The molecule has 0 saturated heterocycles. The van der Waals surface area contributed by atoms with Gasteiger partial charge in [0.05, 0.1) is 6.07 Å². The van der Waals surface area contributed by atoms with Crippen LogP contribution < -0.4 is 5.32 Å². The van der Waals surface area contributed by atoms with Gasteiger partial charge in [-0.25, -0.2) is 0 Å². The maximum absolute atomic E-state index is 12.2. The Labute approximate surface area is 112 Å². The Kier molecular flexibility index (Phi) is 3.48. The summed E-state index contributed by atoms with van der Waals surface area (Å²) in [5.74, 6) is -0.276. The zero-order valence-electron chi connectivity index (χ0n) is 11.0. The summed E-state index contributed by atoms with van der Waals surface area (Å²) in [6, 6.07) is 9.53. The minimum Gasteiger partial charge on any atom is -0.324 e. The van der Waals surface area contributed by atoms with E-state index in [1.165, 1.54) is 0 Å². The van der Waals surface area contributed by atoms with Crippen molar-refractivity contribution < 1.29 is 4.79 Å². The standard InChI is InChI=1S/C15H15N3O/c1-3-15(2,10-16)14(19)18-13-6-4-5-11-9-17-8-7-12(11)13/h4-9H,3H2,1-2H3,(H,18,19). The molecule has 1 aromatic carbocycles. The fourth-order valence-electron chi connectivity index (χ4n) is 1.78. The Balaban J connectivity index is 2.38. The number of carbonyl (C=O) groups is 1. The first-order valence-electron chi connectivity index (χ1n) is 6.16. The van der Waals surface area contributed by atoms with Gasteiger partial charge in [0.15, 0.2) is 0 Å². The zero-order chi connectivity index (χ0) is 13.9. The second-order valence-corrected chi connectivity index (χ2v) is 4.65. The summed E-state index contributed by atoms with van der Waals surface area (Å²) in [4.78, 5) is 16.2. The molecular weight excluding hydrogens is 238 g/mol. The molecule has 0 fully saturated rings. The van der Waals surface area contributed by atoms with Crippen LogP contribution in [-0.4, -0.2) is 10.9 Å².